The number of oxazole rings is 1. The highest BCUT2D eigenvalue weighted by molar-refractivity contribution is 5.94. The number of carbonyl (C=O) groups excluding carboxylic acids is 2. The van der Waals surface area contributed by atoms with Gasteiger partial charge in [0.25, 0.3) is 5.91 Å². The minimum atomic E-state index is -0.473. The number of hydrazine groups is 1. The van der Waals surface area contributed by atoms with Gasteiger partial charge in [0.05, 0.1) is 0 Å². The highest BCUT2D eigenvalue weighted by Crippen LogP contribution is 2.49. The number of aryl methyl sites for hydroxylation is 1. The van der Waals surface area contributed by atoms with E-state index in [1.165, 1.54) is 12.8 Å². The Morgan fingerprint density at radius 1 is 1.45 bits per heavy atom. The molecule has 3 rings (SSSR count). The number of nitrogens with one attached hydrogen (secondary N) is 2. The van der Waals surface area contributed by atoms with Crippen molar-refractivity contribution in [1.82, 2.24) is 20.7 Å². The molecule has 7 heteroatoms. The Balaban J connectivity index is 1.58. The number of carbonyl (C=O) groups is 2. The third kappa shape index (κ3) is 1.85. The highest BCUT2D eigenvalue weighted by atomic mass is 16.3. The highest BCUT2D eigenvalue weighted by Gasteiger charge is 2.53. The van der Waals surface area contributed by atoms with Gasteiger partial charge >= 0.3 is 6.03 Å². The molecule has 3 amide bonds. The predicted octanol–water partition coefficient (Wildman–Crippen LogP) is 1.21. The van der Waals surface area contributed by atoms with Crippen LogP contribution in [-0.4, -0.2) is 33.9 Å². The molecular formula is C13H18N4O3. The first-order valence-corrected chi connectivity index (χ1v) is 6.80. The Kier molecular flexibility index (Phi) is 2.92. The van der Waals surface area contributed by atoms with Gasteiger partial charge in [-0.25, -0.2) is 15.2 Å². The van der Waals surface area contributed by atoms with E-state index in [4.69, 9.17) is 4.42 Å². The van der Waals surface area contributed by atoms with Crippen molar-refractivity contribution in [2.45, 2.75) is 38.6 Å². The van der Waals surface area contributed by atoms with Crippen LogP contribution in [0.3, 0.4) is 0 Å². The first-order chi connectivity index (χ1) is 9.52. The van der Waals surface area contributed by atoms with Crippen molar-refractivity contribution in [1.29, 1.82) is 0 Å². The van der Waals surface area contributed by atoms with Crippen molar-refractivity contribution >= 4 is 11.9 Å². The number of hydrogen-bond acceptors (Lipinski definition) is 4. The van der Waals surface area contributed by atoms with Crippen LogP contribution in [0.2, 0.25) is 0 Å². The maximum Gasteiger partial charge on any atom is 0.336 e. The molecule has 108 valence electrons. The van der Waals surface area contributed by atoms with Gasteiger partial charge in [0.1, 0.15) is 5.76 Å². The molecule has 0 bridgehead atoms. The fourth-order valence-corrected chi connectivity index (χ4v) is 3.21. The lowest BCUT2D eigenvalue weighted by atomic mass is 9.69. The number of urea groups is 1. The van der Waals surface area contributed by atoms with Gasteiger partial charge in [-0.3, -0.25) is 10.2 Å². The second-order valence-corrected chi connectivity index (χ2v) is 5.67. The molecule has 2 N–H and O–H groups in total. The zero-order chi connectivity index (χ0) is 14.3. The van der Waals surface area contributed by atoms with E-state index in [0.29, 0.717) is 11.7 Å². The van der Waals surface area contributed by atoms with Crippen LogP contribution in [0.5, 0.6) is 0 Å². The van der Waals surface area contributed by atoms with Crippen molar-refractivity contribution in [2.24, 2.45) is 5.92 Å². The molecule has 20 heavy (non-hydrogen) atoms. The summed E-state index contributed by atoms with van der Waals surface area (Å²) in [5.74, 6) is 0.546. The Labute approximate surface area is 116 Å². The topological polar surface area (TPSA) is 87.5 Å². The largest absolute Gasteiger partial charge is 0.448 e. The Morgan fingerprint density at radius 3 is 2.80 bits per heavy atom. The normalized spacial score (nSPS) is 27.7. The number of rotatable bonds is 1. The summed E-state index contributed by atoms with van der Waals surface area (Å²) in [5.41, 5.74) is 4.97. The van der Waals surface area contributed by atoms with Crippen LogP contribution < -0.4 is 10.9 Å². The fraction of sp³-hybridized carbons (Fsp3) is 0.615. The molecule has 1 saturated carbocycles. The third-order valence-corrected chi connectivity index (χ3v) is 4.68. The molecule has 1 aliphatic heterocycles. The molecule has 2 aliphatic rings. The van der Waals surface area contributed by atoms with Crippen LogP contribution in [0.4, 0.5) is 4.79 Å². The molecule has 2 atom stereocenters. The van der Waals surface area contributed by atoms with E-state index in [1.807, 2.05) is 4.90 Å². The van der Waals surface area contributed by atoms with Crippen LogP contribution in [0, 0.1) is 12.8 Å². The fourth-order valence-electron chi connectivity index (χ4n) is 3.21. The summed E-state index contributed by atoms with van der Waals surface area (Å²) < 4.78 is 4.95. The molecule has 0 spiro atoms. The maximum atomic E-state index is 12.2. The van der Waals surface area contributed by atoms with Crippen LogP contribution in [-0.2, 0) is 0 Å². The van der Waals surface area contributed by atoms with Gasteiger partial charge in [0.15, 0.2) is 12.1 Å². The lowest BCUT2D eigenvalue weighted by Gasteiger charge is -2.47. The summed E-state index contributed by atoms with van der Waals surface area (Å²) in [6, 6.07) is -0.260. The van der Waals surface area contributed by atoms with Crippen molar-refractivity contribution in [3.8, 4) is 0 Å². The lowest BCUT2D eigenvalue weighted by molar-refractivity contribution is 0.0578. The zero-order valence-corrected chi connectivity index (χ0v) is 11.6. The van der Waals surface area contributed by atoms with Crippen molar-refractivity contribution in [3.05, 3.63) is 17.8 Å². The molecule has 0 radical (unpaired) electrons. The van der Waals surface area contributed by atoms with Gasteiger partial charge in [0, 0.05) is 12.1 Å². The SMILES string of the molecule is Cc1ocnc1C(=O)NNC(=O)N1CC[C@@H]2CC[C@@]21C. The number of aromatic nitrogens is 1. The Morgan fingerprint density at radius 2 is 2.25 bits per heavy atom. The molecule has 1 aliphatic carbocycles. The summed E-state index contributed by atoms with van der Waals surface area (Å²) in [6.45, 7) is 4.49. The quantitative estimate of drug-likeness (QED) is 0.756. The van der Waals surface area contributed by atoms with Crippen LogP contribution in [0.25, 0.3) is 0 Å². The standard InChI is InChI=1S/C13H18N4O3/c1-8-10(14-7-20-8)11(18)15-16-12(19)17-6-4-9-3-5-13(9,17)2/h7,9H,3-6H2,1-2H3,(H,15,18)(H,16,19)/t9-,13-/m0/s1. The van der Waals surface area contributed by atoms with E-state index in [9.17, 15) is 9.59 Å². The van der Waals surface area contributed by atoms with Crippen LogP contribution in [0.15, 0.2) is 10.8 Å². The van der Waals surface area contributed by atoms with Gasteiger partial charge in [-0.05, 0) is 39.0 Å². The van der Waals surface area contributed by atoms with E-state index in [1.54, 1.807) is 6.92 Å². The number of likely N-dealkylation sites (tertiary alicyclic amines) is 1. The molecule has 1 saturated heterocycles. The van der Waals surface area contributed by atoms with Gasteiger partial charge in [-0.15, -0.1) is 0 Å². The molecular weight excluding hydrogens is 260 g/mol. The van der Waals surface area contributed by atoms with Crippen molar-refractivity contribution in [3.63, 3.8) is 0 Å². The molecule has 0 aromatic carbocycles. The minimum absolute atomic E-state index is 0.0430. The van der Waals surface area contributed by atoms with Gasteiger partial charge < -0.3 is 9.32 Å². The molecule has 1 aromatic rings. The number of nitrogens with zero attached hydrogens (tertiary/aromatic N) is 2. The van der Waals surface area contributed by atoms with Gasteiger partial charge in [0.2, 0.25) is 0 Å². The average Bonchev–Trinajstić information content (AvgIpc) is 2.92. The molecule has 0 unspecified atom stereocenters. The van der Waals surface area contributed by atoms with E-state index >= 15 is 0 Å². The van der Waals surface area contributed by atoms with Crippen LogP contribution in [0.1, 0.15) is 42.4 Å². The number of hydrogen-bond donors (Lipinski definition) is 2. The van der Waals surface area contributed by atoms with E-state index in [0.717, 1.165) is 19.4 Å². The second-order valence-electron chi connectivity index (χ2n) is 5.67. The zero-order valence-electron chi connectivity index (χ0n) is 11.6. The summed E-state index contributed by atoms with van der Waals surface area (Å²) in [4.78, 5) is 29.6. The summed E-state index contributed by atoms with van der Waals surface area (Å²) in [5, 5.41) is 0. The molecule has 1 aromatic heterocycles. The predicted molar refractivity (Wildman–Crippen MR) is 69.7 cm³/mol. The number of amides is 3. The molecule has 2 fully saturated rings. The van der Waals surface area contributed by atoms with E-state index in [-0.39, 0.29) is 17.3 Å². The van der Waals surface area contributed by atoms with Crippen molar-refractivity contribution in [2.75, 3.05) is 6.54 Å². The van der Waals surface area contributed by atoms with Crippen LogP contribution >= 0.6 is 0 Å². The Bertz CT molecular complexity index is 556. The van der Waals surface area contributed by atoms with E-state index < -0.39 is 5.91 Å². The van der Waals surface area contributed by atoms with Gasteiger partial charge in [-0.1, -0.05) is 0 Å². The minimum Gasteiger partial charge on any atom is -0.448 e. The number of fused-ring (bicyclic) bond motifs is 1. The smallest absolute Gasteiger partial charge is 0.336 e. The summed E-state index contributed by atoms with van der Waals surface area (Å²) in [7, 11) is 0. The molecule has 2 heterocycles. The maximum absolute atomic E-state index is 12.2. The monoisotopic (exact) mass is 278 g/mol. The van der Waals surface area contributed by atoms with E-state index in [2.05, 4.69) is 22.8 Å². The first-order valence-electron chi connectivity index (χ1n) is 6.80. The van der Waals surface area contributed by atoms with Crippen molar-refractivity contribution < 1.29 is 14.0 Å². The average molecular weight is 278 g/mol. The third-order valence-electron chi connectivity index (χ3n) is 4.68. The first kappa shape index (κ1) is 13.0. The second kappa shape index (κ2) is 4.50. The lowest BCUT2D eigenvalue weighted by Crippen LogP contribution is -2.59. The summed E-state index contributed by atoms with van der Waals surface area (Å²) in [6.07, 6.45) is 4.46. The summed E-state index contributed by atoms with van der Waals surface area (Å²) >= 11 is 0. The molecule has 7 nitrogen and oxygen atoms in total. The Hall–Kier alpha value is -2.05. The van der Waals surface area contributed by atoms with Gasteiger partial charge in [-0.2, -0.15) is 0 Å².